The van der Waals surface area contributed by atoms with Crippen LogP contribution < -0.4 is 0 Å². The molecule has 0 spiro atoms. The lowest BCUT2D eigenvalue weighted by Crippen LogP contribution is -2.11. The number of hydrogen-bond acceptors (Lipinski definition) is 3. The minimum Gasteiger partial charge on any atom is -0.289 e. The van der Waals surface area contributed by atoms with Crippen LogP contribution in [0.2, 0.25) is 0 Å². The van der Waals surface area contributed by atoms with Crippen molar-refractivity contribution in [3.05, 3.63) is 108 Å². The Labute approximate surface area is 182 Å². The van der Waals surface area contributed by atoms with Crippen molar-refractivity contribution in [3.63, 3.8) is 0 Å². The van der Waals surface area contributed by atoms with E-state index in [0.717, 1.165) is 23.8 Å². The van der Waals surface area contributed by atoms with Gasteiger partial charge in [0.1, 0.15) is 0 Å². The lowest BCUT2D eigenvalue weighted by Gasteiger charge is -2.08. The molecule has 1 aromatic heterocycles. The van der Waals surface area contributed by atoms with Gasteiger partial charge in [0, 0.05) is 22.7 Å². The highest BCUT2D eigenvalue weighted by Crippen LogP contribution is 2.27. The number of benzene rings is 3. The van der Waals surface area contributed by atoms with Crippen molar-refractivity contribution < 1.29 is 13.2 Å². The molecule has 4 rings (SSSR count). The molecule has 1 heterocycles. The van der Waals surface area contributed by atoms with Gasteiger partial charge in [-0.3, -0.25) is 4.79 Å². The Kier molecular flexibility index (Phi) is 5.87. The second kappa shape index (κ2) is 8.74. The first-order valence-corrected chi connectivity index (χ1v) is 11.7. The van der Waals surface area contributed by atoms with Crippen LogP contribution in [0.3, 0.4) is 0 Å². The average Bonchev–Trinajstić information content (AvgIpc) is 3.18. The van der Waals surface area contributed by atoms with E-state index in [0.29, 0.717) is 16.6 Å². The summed E-state index contributed by atoms with van der Waals surface area (Å²) >= 11 is 0. The first-order chi connectivity index (χ1) is 15.0. The number of hydrogen-bond donors (Lipinski definition) is 0. The summed E-state index contributed by atoms with van der Waals surface area (Å²) in [4.78, 5) is 12.7. The van der Waals surface area contributed by atoms with E-state index in [4.69, 9.17) is 0 Å². The van der Waals surface area contributed by atoms with E-state index in [1.54, 1.807) is 48.7 Å². The molecule has 0 aliphatic rings. The Morgan fingerprint density at radius 1 is 0.903 bits per heavy atom. The second-order valence-corrected chi connectivity index (χ2v) is 9.17. The third kappa shape index (κ3) is 4.23. The van der Waals surface area contributed by atoms with Gasteiger partial charge in [-0.1, -0.05) is 74.0 Å². The smallest absolute Gasteiger partial charge is 0.268 e. The number of allylic oxidation sites excluding steroid dienone is 1. The normalized spacial score (nSPS) is 11.9. The number of rotatable bonds is 7. The maximum absolute atomic E-state index is 13.4. The van der Waals surface area contributed by atoms with Crippen molar-refractivity contribution in [3.8, 4) is 0 Å². The van der Waals surface area contributed by atoms with Gasteiger partial charge in [-0.05, 0) is 42.3 Å². The maximum atomic E-state index is 13.4. The molecule has 0 amide bonds. The molecule has 0 aliphatic heterocycles. The van der Waals surface area contributed by atoms with E-state index >= 15 is 0 Å². The van der Waals surface area contributed by atoms with E-state index in [1.165, 1.54) is 10.0 Å². The maximum Gasteiger partial charge on any atom is 0.268 e. The Morgan fingerprint density at radius 3 is 2.29 bits per heavy atom. The summed E-state index contributed by atoms with van der Waals surface area (Å²) in [6, 6.07) is 23.3. The molecule has 0 N–H and O–H groups in total. The van der Waals surface area contributed by atoms with E-state index in [2.05, 4.69) is 6.92 Å². The van der Waals surface area contributed by atoms with Gasteiger partial charge in [0.05, 0.1) is 10.4 Å². The van der Waals surface area contributed by atoms with Gasteiger partial charge in [0.2, 0.25) is 0 Å². The molecule has 0 atom stereocenters. The number of carbonyl (C=O) groups excluding carboxylic acids is 1. The molecule has 4 nitrogen and oxygen atoms in total. The van der Waals surface area contributed by atoms with Gasteiger partial charge in [-0.2, -0.15) is 0 Å². The topological polar surface area (TPSA) is 56.1 Å². The standard InChI is InChI=1S/C26H23NO3S/c1-2-8-20-13-16-23(17-14-20)31(29,30)27-19-22(24-11-6-7-12-25(24)27)15-18-26(28)21-9-4-3-5-10-21/h3-7,9-19H,2,8H2,1H3/b18-15+. The van der Waals surface area contributed by atoms with Crippen LogP contribution in [0.4, 0.5) is 0 Å². The average molecular weight is 430 g/mol. The summed E-state index contributed by atoms with van der Waals surface area (Å²) < 4.78 is 28.0. The molecule has 31 heavy (non-hydrogen) atoms. The Hall–Kier alpha value is -3.44. The van der Waals surface area contributed by atoms with Crippen molar-refractivity contribution in [2.75, 3.05) is 0 Å². The van der Waals surface area contributed by atoms with Gasteiger partial charge >= 0.3 is 0 Å². The largest absolute Gasteiger partial charge is 0.289 e. The van der Waals surface area contributed by atoms with Crippen molar-refractivity contribution in [2.24, 2.45) is 0 Å². The molecular weight excluding hydrogens is 406 g/mol. The molecule has 0 unspecified atom stereocenters. The van der Waals surface area contributed by atoms with Crippen molar-refractivity contribution in [1.82, 2.24) is 3.97 Å². The second-order valence-electron chi connectivity index (χ2n) is 7.36. The van der Waals surface area contributed by atoms with Crippen molar-refractivity contribution >= 4 is 32.8 Å². The highest BCUT2D eigenvalue weighted by molar-refractivity contribution is 7.90. The fourth-order valence-electron chi connectivity index (χ4n) is 3.60. The van der Waals surface area contributed by atoms with Gasteiger partial charge < -0.3 is 0 Å². The number of ketones is 1. The van der Waals surface area contributed by atoms with Gasteiger partial charge in [-0.25, -0.2) is 12.4 Å². The van der Waals surface area contributed by atoms with Gasteiger partial charge in [-0.15, -0.1) is 0 Å². The number of nitrogens with zero attached hydrogens (tertiary/aromatic N) is 1. The minimum atomic E-state index is -3.77. The van der Waals surface area contributed by atoms with Crippen LogP contribution in [0.25, 0.3) is 17.0 Å². The predicted molar refractivity (Wildman–Crippen MR) is 125 cm³/mol. The molecule has 0 fully saturated rings. The molecular formula is C26H23NO3S. The molecule has 0 aliphatic carbocycles. The van der Waals surface area contributed by atoms with E-state index in [9.17, 15) is 13.2 Å². The monoisotopic (exact) mass is 429 g/mol. The lowest BCUT2D eigenvalue weighted by atomic mass is 10.1. The zero-order chi connectivity index (χ0) is 21.8. The Balaban J connectivity index is 1.74. The van der Waals surface area contributed by atoms with Crippen LogP contribution >= 0.6 is 0 Å². The lowest BCUT2D eigenvalue weighted by molar-refractivity contribution is 0.104. The van der Waals surface area contributed by atoms with Crippen LogP contribution in [0.1, 0.15) is 34.8 Å². The number of carbonyl (C=O) groups is 1. The third-order valence-corrected chi connectivity index (χ3v) is 6.89. The molecule has 0 radical (unpaired) electrons. The fraction of sp³-hybridized carbons (Fsp3) is 0.115. The first kappa shape index (κ1) is 20.8. The van der Waals surface area contributed by atoms with Crippen LogP contribution in [0.15, 0.2) is 96.0 Å². The summed E-state index contributed by atoms with van der Waals surface area (Å²) in [6.07, 6.45) is 6.65. The summed E-state index contributed by atoms with van der Waals surface area (Å²) in [7, 11) is -3.77. The number of para-hydroxylation sites is 1. The van der Waals surface area contributed by atoms with Crippen LogP contribution in [-0.4, -0.2) is 18.2 Å². The predicted octanol–water partition coefficient (Wildman–Crippen LogP) is 5.73. The molecule has 0 bridgehead atoms. The highest BCUT2D eigenvalue weighted by atomic mass is 32.2. The Bertz CT molecular complexity index is 1350. The summed E-state index contributed by atoms with van der Waals surface area (Å²) in [6.45, 7) is 2.09. The summed E-state index contributed by atoms with van der Waals surface area (Å²) in [5.74, 6) is -0.133. The van der Waals surface area contributed by atoms with E-state index in [1.807, 2.05) is 42.5 Å². The van der Waals surface area contributed by atoms with E-state index in [-0.39, 0.29) is 10.7 Å². The Morgan fingerprint density at radius 2 is 1.58 bits per heavy atom. The molecule has 0 saturated heterocycles. The first-order valence-electron chi connectivity index (χ1n) is 10.2. The van der Waals surface area contributed by atoms with Gasteiger partial charge in [0.15, 0.2) is 5.78 Å². The molecule has 3 aromatic carbocycles. The molecule has 0 saturated carbocycles. The number of fused-ring (bicyclic) bond motifs is 1. The summed E-state index contributed by atoms with van der Waals surface area (Å²) in [5.41, 5.74) is 2.95. The van der Waals surface area contributed by atoms with Crippen molar-refractivity contribution in [2.45, 2.75) is 24.7 Å². The fourth-order valence-corrected chi connectivity index (χ4v) is 4.98. The number of aromatic nitrogens is 1. The van der Waals surface area contributed by atoms with E-state index < -0.39 is 10.0 Å². The SMILES string of the molecule is CCCc1ccc(S(=O)(=O)n2cc(/C=C/C(=O)c3ccccc3)c3ccccc32)cc1. The van der Waals surface area contributed by atoms with Crippen LogP contribution in [0.5, 0.6) is 0 Å². The van der Waals surface area contributed by atoms with Crippen LogP contribution in [-0.2, 0) is 16.4 Å². The molecule has 156 valence electrons. The zero-order valence-electron chi connectivity index (χ0n) is 17.2. The summed E-state index contributed by atoms with van der Waals surface area (Å²) in [5, 5.41) is 0.769. The quantitative estimate of drug-likeness (QED) is 0.279. The third-order valence-electron chi connectivity index (χ3n) is 5.20. The van der Waals surface area contributed by atoms with Crippen molar-refractivity contribution in [1.29, 1.82) is 0 Å². The number of aryl methyl sites for hydroxylation is 1. The molecule has 4 aromatic rings. The van der Waals surface area contributed by atoms with Crippen LogP contribution in [0, 0.1) is 0 Å². The minimum absolute atomic E-state index is 0.133. The zero-order valence-corrected chi connectivity index (χ0v) is 18.0. The highest BCUT2D eigenvalue weighted by Gasteiger charge is 2.20. The molecule has 5 heteroatoms. The van der Waals surface area contributed by atoms with Gasteiger partial charge in [0.25, 0.3) is 10.0 Å².